The van der Waals surface area contributed by atoms with Gasteiger partial charge in [-0.05, 0) is 12.1 Å². The molecule has 0 radical (unpaired) electrons. The summed E-state index contributed by atoms with van der Waals surface area (Å²) < 4.78 is 0. The Balaban J connectivity index is 1.95. The number of amides is 1. The molecular formula is C11H9N5O. The third kappa shape index (κ3) is 1.65. The number of H-pyrrole nitrogens is 2. The summed E-state index contributed by atoms with van der Waals surface area (Å²) in [5, 5.41) is 16.8. The molecule has 6 nitrogen and oxygen atoms in total. The second kappa shape index (κ2) is 3.75. The summed E-state index contributed by atoms with van der Waals surface area (Å²) >= 11 is 0. The molecule has 3 N–H and O–H groups in total. The zero-order valence-electron chi connectivity index (χ0n) is 8.77. The van der Waals surface area contributed by atoms with E-state index in [9.17, 15) is 4.79 Å². The molecule has 0 bridgehead atoms. The third-order valence-electron chi connectivity index (χ3n) is 2.49. The van der Waals surface area contributed by atoms with Gasteiger partial charge in [0.25, 0.3) is 5.91 Å². The van der Waals surface area contributed by atoms with Crippen LogP contribution in [0.4, 0.5) is 5.69 Å². The molecule has 84 valence electrons. The van der Waals surface area contributed by atoms with E-state index in [1.54, 1.807) is 12.4 Å². The van der Waals surface area contributed by atoms with Gasteiger partial charge in [-0.1, -0.05) is 6.07 Å². The van der Waals surface area contributed by atoms with Crippen molar-refractivity contribution in [2.75, 3.05) is 5.32 Å². The summed E-state index contributed by atoms with van der Waals surface area (Å²) in [6.07, 6.45) is 4.70. The first-order valence-corrected chi connectivity index (χ1v) is 5.07. The molecule has 0 saturated heterocycles. The normalized spacial score (nSPS) is 10.6. The average Bonchev–Trinajstić information content (AvgIpc) is 3.00. The number of nitrogens with one attached hydrogen (secondary N) is 3. The van der Waals surface area contributed by atoms with Crippen molar-refractivity contribution < 1.29 is 4.79 Å². The lowest BCUT2D eigenvalue weighted by molar-refractivity contribution is 0.102. The molecule has 0 aliphatic carbocycles. The molecule has 0 aliphatic heterocycles. The number of fused-ring (bicyclic) bond motifs is 1. The summed E-state index contributed by atoms with van der Waals surface area (Å²) in [4.78, 5) is 11.8. The second-order valence-electron chi connectivity index (χ2n) is 3.58. The van der Waals surface area contributed by atoms with Gasteiger partial charge >= 0.3 is 0 Å². The number of nitrogens with zero attached hydrogens (tertiary/aromatic N) is 2. The lowest BCUT2D eigenvalue weighted by Gasteiger charge is -2.04. The van der Waals surface area contributed by atoms with Crippen LogP contribution >= 0.6 is 0 Å². The van der Waals surface area contributed by atoms with Gasteiger partial charge in [0.1, 0.15) is 0 Å². The van der Waals surface area contributed by atoms with E-state index in [1.807, 2.05) is 18.2 Å². The van der Waals surface area contributed by atoms with Crippen molar-refractivity contribution in [1.29, 1.82) is 0 Å². The average molecular weight is 227 g/mol. The lowest BCUT2D eigenvalue weighted by Crippen LogP contribution is -2.10. The highest BCUT2D eigenvalue weighted by atomic mass is 16.1. The molecule has 0 spiro atoms. The highest BCUT2D eigenvalue weighted by Crippen LogP contribution is 2.21. The number of anilines is 1. The van der Waals surface area contributed by atoms with Gasteiger partial charge in [0, 0.05) is 11.6 Å². The van der Waals surface area contributed by atoms with E-state index in [-0.39, 0.29) is 5.91 Å². The molecule has 3 aromatic rings. The van der Waals surface area contributed by atoms with Crippen molar-refractivity contribution in [2.24, 2.45) is 0 Å². The molecule has 3 rings (SSSR count). The number of hydrogen-bond donors (Lipinski definition) is 3. The minimum Gasteiger partial charge on any atom is -0.321 e. The van der Waals surface area contributed by atoms with E-state index in [0.29, 0.717) is 5.56 Å². The zero-order chi connectivity index (χ0) is 11.7. The smallest absolute Gasteiger partial charge is 0.258 e. The fourth-order valence-corrected chi connectivity index (χ4v) is 1.65. The van der Waals surface area contributed by atoms with Crippen LogP contribution in [0.3, 0.4) is 0 Å². The van der Waals surface area contributed by atoms with Crippen LogP contribution in [0.5, 0.6) is 0 Å². The van der Waals surface area contributed by atoms with E-state index in [2.05, 4.69) is 25.7 Å². The quantitative estimate of drug-likeness (QED) is 0.620. The summed E-state index contributed by atoms with van der Waals surface area (Å²) in [6.45, 7) is 0. The Morgan fingerprint density at radius 1 is 1.24 bits per heavy atom. The predicted octanol–water partition coefficient (Wildman–Crippen LogP) is 1.54. The Hall–Kier alpha value is -2.63. The van der Waals surface area contributed by atoms with Gasteiger partial charge < -0.3 is 5.32 Å². The maximum absolute atomic E-state index is 11.8. The van der Waals surface area contributed by atoms with Crippen molar-refractivity contribution in [3.8, 4) is 0 Å². The maximum atomic E-state index is 11.8. The van der Waals surface area contributed by atoms with Crippen molar-refractivity contribution in [2.45, 2.75) is 0 Å². The number of benzene rings is 1. The van der Waals surface area contributed by atoms with Gasteiger partial charge in [-0.25, -0.2) is 0 Å². The number of aromatic amines is 2. The molecule has 0 aliphatic rings. The third-order valence-corrected chi connectivity index (χ3v) is 2.49. The molecule has 0 unspecified atom stereocenters. The van der Waals surface area contributed by atoms with Crippen LogP contribution in [-0.4, -0.2) is 26.3 Å². The second-order valence-corrected chi connectivity index (χ2v) is 3.58. The van der Waals surface area contributed by atoms with E-state index in [1.165, 1.54) is 6.20 Å². The molecule has 0 fully saturated rings. The van der Waals surface area contributed by atoms with E-state index in [0.717, 1.165) is 16.6 Å². The molecule has 1 amide bonds. The van der Waals surface area contributed by atoms with Gasteiger partial charge in [-0.15, -0.1) is 0 Å². The standard InChI is InChI=1S/C11H9N5O/c17-11(7-4-12-13-5-7)15-9-2-1-3-10-8(9)6-14-16-10/h1-6H,(H,12,13)(H,14,16)(H,15,17). The Labute approximate surface area is 96.0 Å². The highest BCUT2D eigenvalue weighted by Gasteiger charge is 2.09. The topological polar surface area (TPSA) is 86.5 Å². The number of carbonyl (C=O) groups is 1. The molecule has 1 aromatic carbocycles. The van der Waals surface area contributed by atoms with Crippen LogP contribution in [-0.2, 0) is 0 Å². The maximum Gasteiger partial charge on any atom is 0.258 e. The molecule has 0 atom stereocenters. The van der Waals surface area contributed by atoms with Gasteiger partial charge in [-0.2, -0.15) is 10.2 Å². The van der Waals surface area contributed by atoms with Gasteiger partial charge in [0.15, 0.2) is 0 Å². The molecule has 6 heteroatoms. The van der Waals surface area contributed by atoms with Gasteiger partial charge in [-0.3, -0.25) is 15.0 Å². The van der Waals surface area contributed by atoms with Crippen molar-refractivity contribution >= 4 is 22.5 Å². The minimum atomic E-state index is -0.201. The van der Waals surface area contributed by atoms with Crippen LogP contribution in [0.1, 0.15) is 10.4 Å². The van der Waals surface area contributed by atoms with Crippen LogP contribution in [0, 0.1) is 0 Å². The molecule has 0 saturated carbocycles. The lowest BCUT2D eigenvalue weighted by atomic mass is 10.2. The summed E-state index contributed by atoms with van der Waals surface area (Å²) in [7, 11) is 0. The van der Waals surface area contributed by atoms with Crippen molar-refractivity contribution in [1.82, 2.24) is 20.4 Å². The summed E-state index contributed by atoms with van der Waals surface area (Å²) in [5.74, 6) is -0.201. The largest absolute Gasteiger partial charge is 0.321 e. The number of hydrogen-bond acceptors (Lipinski definition) is 3. The Bertz CT molecular complexity index is 655. The molecule has 17 heavy (non-hydrogen) atoms. The van der Waals surface area contributed by atoms with Crippen LogP contribution < -0.4 is 5.32 Å². The molecule has 2 aromatic heterocycles. The van der Waals surface area contributed by atoms with Gasteiger partial charge in [0.05, 0.1) is 29.2 Å². The van der Waals surface area contributed by atoms with Crippen LogP contribution in [0.25, 0.3) is 10.9 Å². The molecular weight excluding hydrogens is 218 g/mol. The number of carbonyl (C=O) groups excluding carboxylic acids is 1. The first kappa shape index (κ1) is 9.59. The van der Waals surface area contributed by atoms with E-state index < -0.39 is 0 Å². The summed E-state index contributed by atoms with van der Waals surface area (Å²) in [5.41, 5.74) is 2.10. The first-order valence-electron chi connectivity index (χ1n) is 5.07. The van der Waals surface area contributed by atoms with Crippen molar-refractivity contribution in [3.05, 3.63) is 42.4 Å². The van der Waals surface area contributed by atoms with Crippen LogP contribution in [0.15, 0.2) is 36.8 Å². The highest BCUT2D eigenvalue weighted by molar-refractivity contribution is 6.08. The van der Waals surface area contributed by atoms with E-state index in [4.69, 9.17) is 0 Å². The number of aromatic nitrogens is 4. The van der Waals surface area contributed by atoms with Crippen LogP contribution in [0.2, 0.25) is 0 Å². The summed E-state index contributed by atoms with van der Waals surface area (Å²) in [6, 6.07) is 5.58. The number of rotatable bonds is 2. The fourth-order valence-electron chi connectivity index (χ4n) is 1.65. The monoisotopic (exact) mass is 227 g/mol. The molecule has 2 heterocycles. The predicted molar refractivity (Wildman–Crippen MR) is 62.6 cm³/mol. The zero-order valence-corrected chi connectivity index (χ0v) is 8.77. The van der Waals surface area contributed by atoms with Crippen molar-refractivity contribution in [3.63, 3.8) is 0 Å². The Morgan fingerprint density at radius 2 is 2.18 bits per heavy atom. The Morgan fingerprint density at radius 3 is 3.00 bits per heavy atom. The van der Waals surface area contributed by atoms with E-state index >= 15 is 0 Å². The SMILES string of the molecule is O=C(Nc1cccc2[nH]ncc12)c1cn[nH]c1. The van der Waals surface area contributed by atoms with Gasteiger partial charge in [0.2, 0.25) is 0 Å². The minimum absolute atomic E-state index is 0.201. The fraction of sp³-hybridized carbons (Fsp3) is 0. The Kier molecular flexibility index (Phi) is 2.11. The first-order chi connectivity index (χ1) is 8.34.